The van der Waals surface area contributed by atoms with Crippen molar-refractivity contribution in [2.24, 2.45) is 11.8 Å². The Bertz CT molecular complexity index is 506. The number of anilines is 1. The van der Waals surface area contributed by atoms with Gasteiger partial charge in [0.25, 0.3) is 0 Å². The molecule has 94 valence electrons. The van der Waals surface area contributed by atoms with Crippen LogP contribution in [-0.4, -0.2) is 22.8 Å². The van der Waals surface area contributed by atoms with Crippen molar-refractivity contribution < 1.29 is 19.5 Å². The van der Waals surface area contributed by atoms with Gasteiger partial charge in [0.15, 0.2) is 5.78 Å². The third kappa shape index (κ3) is 2.56. The normalized spacial score (nSPS) is 21.2. The van der Waals surface area contributed by atoms with Crippen LogP contribution in [0.15, 0.2) is 24.3 Å². The number of nitrogens with one attached hydrogen (secondary N) is 1. The largest absolute Gasteiger partial charge is 0.481 e. The number of carboxylic acids is 1. The monoisotopic (exact) mass is 247 g/mol. The lowest BCUT2D eigenvalue weighted by Gasteiger charge is -2.04. The number of benzene rings is 1. The van der Waals surface area contributed by atoms with Crippen LogP contribution >= 0.6 is 0 Å². The number of aliphatic carboxylic acids is 1. The molecule has 18 heavy (non-hydrogen) atoms. The van der Waals surface area contributed by atoms with Crippen molar-refractivity contribution in [1.82, 2.24) is 0 Å². The Morgan fingerprint density at radius 3 is 2.22 bits per heavy atom. The lowest BCUT2D eigenvalue weighted by molar-refractivity contribution is -0.139. The molecular weight excluding hydrogens is 234 g/mol. The second-order valence-corrected chi connectivity index (χ2v) is 4.41. The van der Waals surface area contributed by atoms with Crippen LogP contribution in [0.4, 0.5) is 5.69 Å². The van der Waals surface area contributed by atoms with E-state index >= 15 is 0 Å². The first-order chi connectivity index (χ1) is 8.49. The first-order valence-electron chi connectivity index (χ1n) is 5.63. The van der Waals surface area contributed by atoms with E-state index in [-0.39, 0.29) is 11.7 Å². The van der Waals surface area contributed by atoms with E-state index in [2.05, 4.69) is 5.32 Å². The molecule has 1 amide bonds. The van der Waals surface area contributed by atoms with Crippen LogP contribution < -0.4 is 5.32 Å². The van der Waals surface area contributed by atoms with E-state index in [0.29, 0.717) is 17.7 Å². The summed E-state index contributed by atoms with van der Waals surface area (Å²) in [7, 11) is 0. The van der Waals surface area contributed by atoms with Crippen molar-refractivity contribution in [3.05, 3.63) is 29.8 Å². The van der Waals surface area contributed by atoms with Gasteiger partial charge in [0.05, 0.1) is 11.8 Å². The number of ketones is 1. The molecule has 2 atom stereocenters. The van der Waals surface area contributed by atoms with Crippen molar-refractivity contribution in [2.75, 3.05) is 5.32 Å². The van der Waals surface area contributed by atoms with Gasteiger partial charge in [-0.3, -0.25) is 14.4 Å². The number of hydrogen-bond donors (Lipinski definition) is 2. The summed E-state index contributed by atoms with van der Waals surface area (Å²) < 4.78 is 0. The quantitative estimate of drug-likeness (QED) is 0.790. The van der Waals surface area contributed by atoms with Crippen LogP contribution in [0.5, 0.6) is 0 Å². The maximum atomic E-state index is 11.7. The first-order valence-corrected chi connectivity index (χ1v) is 5.63. The third-order valence-corrected chi connectivity index (χ3v) is 3.00. The molecule has 0 heterocycles. The summed E-state index contributed by atoms with van der Waals surface area (Å²) in [5.74, 6) is -2.24. The van der Waals surface area contributed by atoms with Gasteiger partial charge in [0, 0.05) is 11.3 Å². The summed E-state index contributed by atoms with van der Waals surface area (Å²) in [6.07, 6.45) is 0.396. The summed E-state index contributed by atoms with van der Waals surface area (Å²) in [5.41, 5.74) is 1.14. The van der Waals surface area contributed by atoms with Gasteiger partial charge in [-0.15, -0.1) is 0 Å². The molecule has 5 heteroatoms. The van der Waals surface area contributed by atoms with Crippen LogP contribution in [-0.2, 0) is 9.59 Å². The van der Waals surface area contributed by atoms with Crippen LogP contribution in [0.2, 0.25) is 0 Å². The SMILES string of the molecule is CC(=O)c1ccc(NC(=O)[C@@H]2C[C@@H]2C(=O)O)cc1. The predicted octanol–water partition coefficient (Wildman–Crippen LogP) is 1.55. The Hall–Kier alpha value is -2.17. The summed E-state index contributed by atoms with van der Waals surface area (Å²) in [5, 5.41) is 11.4. The van der Waals surface area contributed by atoms with Crippen molar-refractivity contribution in [2.45, 2.75) is 13.3 Å². The fourth-order valence-electron chi connectivity index (χ4n) is 1.78. The Kier molecular flexibility index (Phi) is 3.14. The summed E-state index contributed by atoms with van der Waals surface area (Å²) in [4.78, 5) is 33.4. The summed E-state index contributed by atoms with van der Waals surface area (Å²) in [6.45, 7) is 1.47. The van der Waals surface area contributed by atoms with E-state index in [4.69, 9.17) is 5.11 Å². The van der Waals surface area contributed by atoms with Crippen molar-refractivity contribution in [1.29, 1.82) is 0 Å². The van der Waals surface area contributed by atoms with Crippen LogP contribution in [0, 0.1) is 11.8 Å². The molecule has 0 bridgehead atoms. The fraction of sp³-hybridized carbons (Fsp3) is 0.308. The molecule has 0 saturated heterocycles. The highest BCUT2D eigenvalue weighted by atomic mass is 16.4. The van der Waals surface area contributed by atoms with Gasteiger partial charge in [-0.2, -0.15) is 0 Å². The Balaban J connectivity index is 1.96. The molecule has 0 aromatic heterocycles. The molecule has 2 rings (SSSR count). The third-order valence-electron chi connectivity index (χ3n) is 3.00. The van der Waals surface area contributed by atoms with E-state index in [9.17, 15) is 14.4 Å². The molecule has 0 aliphatic heterocycles. The Morgan fingerprint density at radius 1 is 1.17 bits per heavy atom. The maximum Gasteiger partial charge on any atom is 0.307 e. The smallest absolute Gasteiger partial charge is 0.307 e. The van der Waals surface area contributed by atoms with Crippen molar-refractivity contribution in [3.8, 4) is 0 Å². The molecule has 1 fully saturated rings. The van der Waals surface area contributed by atoms with Gasteiger partial charge < -0.3 is 10.4 Å². The molecule has 1 saturated carbocycles. The highest BCUT2D eigenvalue weighted by Crippen LogP contribution is 2.39. The maximum absolute atomic E-state index is 11.7. The van der Waals surface area contributed by atoms with E-state index in [0.717, 1.165) is 0 Å². The summed E-state index contributed by atoms with van der Waals surface area (Å²) in [6, 6.07) is 6.51. The van der Waals surface area contributed by atoms with Gasteiger partial charge in [-0.05, 0) is 37.6 Å². The molecule has 0 unspecified atom stereocenters. The van der Waals surface area contributed by atoms with Crippen molar-refractivity contribution in [3.63, 3.8) is 0 Å². The number of carbonyl (C=O) groups excluding carboxylic acids is 2. The van der Waals surface area contributed by atoms with E-state index in [1.165, 1.54) is 6.92 Å². The molecule has 1 aromatic carbocycles. The Morgan fingerprint density at radius 2 is 1.78 bits per heavy atom. The van der Waals surface area contributed by atoms with Crippen molar-refractivity contribution >= 4 is 23.3 Å². The highest BCUT2D eigenvalue weighted by Gasteiger charge is 2.48. The molecule has 0 spiro atoms. The minimum absolute atomic E-state index is 0.0407. The van der Waals surface area contributed by atoms with Gasteiger partial charge in [0.2, 0.25) is 5.91 Å². The zero-order valence-electron chi connectivity index (χ0n) is 9.84. The highest BCUT2D eigenvalue weighted by molar-refractivity contribution is 5.99. The van der Waals surface area contributed by atoms with E-state index < -0.39 is 17.8 Å². The van der Waals surface area contributed by atoms with Gasteiger partial charge >= 0.3 is 5.97 Å². The second-order valence-electron chi connectivity index (χ2n) is 4.41. The van der Waals surface area contributed by atoms with Gasteiger partial charge in [-0.25, -0.2) is 0 Å². The first kappa shape index (κ1) is 12.3. The lowest BCUT2D eigenvalue weighted by atomic mass is 10.1. The fourth-order valence-corrected chi connectivity index (χ4v) is 1.78. The topological polar surface area (TPSA) is 83.5 Å². The molecule has 1 aromatic rings. The zero-order valence-corrected chi connectivity index (χ0v) is 9.84. The average Bonchev–Trinajstić information content (AvgIpc) is 3.09. The zero-order chi connectivity index (χ0) is 13.3. The Labute approximate surface area is 104 Å². The van der Waals surface area contributed by atoms with Crippen LogP contribution in [0.3, 0.4) is 0 Å². The molecule has 0 radical (unpaired) electrons. The molecule has 2 N–H and O–H groups in total. The number of Topliss-reactive ketones (excluding diaryl/α,β-unsaturated/α-hetero) is 1. The predicted molar refractivity (Wildman–Crippen MR) is 64.3 cm³/mol. The lowest BCUT2D eigenvalue weighted by Crippen LogP contribution is -2.16. The van der Waals surface area contributed by atoms with Crippen LogP contribution in [0.1, 0.15) is 23.7 Å². The minimum Gasteiger partial charge on any atom is -0.481 e. The van der Waals surface area contributed by atoms with Gasteiger partial charge in [-0.1, -0.05) is 0 Å². The van der Waals surface area contributed by atoms with E-state index in [1.807, 2.05) is 0 Å². The number of carboxylic acid groups (broad SMARTS) is 1. The second kappa shape index (κ2) is 4.60. The number of amides is 1. The average molecular weight is 247 g/mol. The molecule has 5 nitrogen and oxygen atoms in total. The number of rotatable bonds is 4. The number of hydrogen-bond acceptors (Lipinski definition) is 3. The molecule has 1 aliphatic carbocycles. The summed E-state index contributed by atoms with van der Waals surface area (Å²) >= 11 is 0. The minimum atomic E-state index is -0.929. The molecule has 1 aliphatic rings. The van der Waals surface area contributed by atoms with Crippen LogP contribution in [0.25, 0.3) is 0 Å². The number of carbonyl (C=O) groups is 3. The standard InChI is InChI=1S/C13H13NO4/c1-7(15)8-2-4-9(5-3-8)14-12(16)10-6-11(10)13(17)18/h2-5,10-11H,6H2,1H3,(H,14,16)(H,17,18)/t10-,11+/m1/s1. The molecular formula is C13H13NO4. The van der Waals surface area contributed by atoms with Gasteiger partial charge in [0.1, 0.15) is 0 Å². The van der Waals surface area contributed by atoms with E-state index in [1.54, 1.807) is 24.3 Å².